The van der Waals surface area contributed by atoms with Crippen LogP contribution in [0.2, 0.25) is 0 Å². The first-order valence-electron chi connectivity index (χ1n) is 5.17. The van der Waals surface area contributed by atoms with Crippen molar-refractivity contribution in [3.8, 4) is 0 Å². The molecule has 0 radical (unpaired) electrons. The average Bonchev–Trinajstić information content (AvgIpc) is 2.74. The van der Waals surface area contributed by atoms with E-state index >= 15 is 0 Å². The maximum atomic E-state index is 5.62. The smallest absolute Gasteiger partial charge is 0.106 e. The van der Waals surface area contributed by atoms with E-state index in [4.69, 9.17) is 5.73 Å². The van der Waals surface area contributed by atoms with Gasteiger partial charge in [-0.15, -0.1) is 0 Å². The molecule has 0 saturated carbocycles. The quantitative estimate of drug-likeness (QED) is 0.745. The normalized spacial score (nSPS) is 10.4. The molecule has 0 aliphatic carbocycles. The first kappa shape index (κ1) is 9.77. The van der Waals surface area contributed by atoms with Gasteiger partial charge in [0.25, 0.3) is 0 Å². The highest BCUT2D eigenvalue weighted by molar-refractivity contribution is 5.39. The molecule has 0 saturated heterocycles. The number of nitrogens with zero attached hydrogens (tertiary/aromatic N) is 1. The van der Waals surface area contributed by atoms with Crippen LogP contribution < -0.4 is 5.73 Å². The fourth-order valence-electron chi connectivity index (χ4n) is 1.58. The molecule has 0 spiro atoms. The third-order valence-electron chi connectivity index (χ3n) is 2.41. The second kappa shape index (κ2) is 4.64. The highest BCUT2D eigenvalue weighted by atomic mass is 14.9. The number of benzene rings is 1. The highest BCUT2D eigenvalue weighted by Gasteiger charge is 1.96. The number of hydrogen-bond acceptors (Lipinski definition) is 2. The van der Waals surface area contributed by atoms with E-state index in [1.807, 2.05) is 18.3 Å². The SMILES string of the molecule is Nc1ccc(CCCc2ncc[nH]2)cc1. The second-order valence-corrected chi connectivity index (χ2v) is 3.63. The molecule has 78 valence electrons. The summed E-state index contributed by atoms with van der Waals surface area (Å²) in [5.41, 5.74) is 7.77. The van der Waals surface area contributed by atoms with E-state index in [1.165, 1.54) is 5.56 Å². The van der Waals surface area contributed by atoms with Gasteiger partial charge in [0.2, 0.25) is 0 Å². The van der Waals surface area contributed by atoms with Crippen LogP contribution in [0, 0.1) is 0 Å². The van der Waals surface area contributed by atoms with Crippen LogP contribution in [0.5, 0.6) is 0 Å². The fourth-order valence-corrected chi connectivity index (χ4v) is 1.58. The Labute approximate surface area is 89.4 Å². The molecule has 3 nitrogen and oxygen atoms in total. The molecule has 3 heteroatoms. The summed E-state index contributed by atoms with van der Waals surface area (Å²) in [6, 6.07) is 8.05. The van der Waals surface area contributed by atoms with Crippen LogP contribution in [0.3, 0.4) is 0 Å². The molecule has 3 N–H and O–H groups in total. The van der Waals surface area contributed by atoms with Gasteiger partial charge in [0, 0.05) is 24.5 Å². The first-order valence-corrected chi connectivity index (χ1v) is 5.17. The summed E-state index contributed by atoms with van der Waals surface area (Å²) in [5.74, 6) is 1.06. The van der Waals surface area contributed by atoms with Gasteiger partial charge < -0.3 is 10.7 Å². The Balaban J connectivity index is 1.81. The van der Waals surface area contributed by atoms with Crippen LogP contribution in [0.25, 0.3) is 0 Å². The van der Waals surface area contributed by atoms with Crippen molar-refractivity contribution in [3.63, 3.8) is 0 Å². The molecule has 0 aliphatic rings. The van der Waals surface area contributed by atoms with Gasteiger partial charge in [0.1, 0.15) is 5.82 Å². The van der Waals surface area contributed by atoms with Gasteiger partial charge in [-0.2, -0.15) is 0 Å². The maximum absolute atomic E-state index is 5.62. The third-order valence-corrected chi connectivity index (χ3v) is 2.41. The van der Waals surface area contributed by atoms with E-state index in [1.54, 1.807) is 6.20 Å². The minimum absolute atomic E-state index is 0.824. The van der Waals surface area contributed by atoms with Gasteiger partial charge in [-0.1, -0.05) is 12.1 Å². The Morgan fingerprint density at radius 3 is 2.60 bits per heavy atom. The van der Waals surface area contributed by atoms with Crippen molar-refractivity contribution >= 4 is 5.69 Å². The predicted molar refractivity (Wildman–Crippen MR) is 61.5 cm³/mol. The van der Waals surface area contributed by atoms with Gasteiger partial charge >= 0.3 is 0 Å². The van der Waals surface area contributed by atoms with E-state index in [0.29, 0.717) is 0 Å². The van der Waals surface area contributed by atoms with Crippen molar-refractivity contribution in [2.45, 2.75) is 19.3 Å². The number of hydrogen-bond donors (Lipinski definition) is 2. The lowest BCUT2D eigenvalue weighted by Crippen LogP contribution is -1.92. The summed E-state index contributed by atoms with van der Waals surface area (Å²) >= 11 is 0. The van der Waals surface area contributed by atoms with E-state index in [-0.39, 0.29) is 0 Å². The minimum Gasteiger partial charge on any atom is -0.399 e. The zero-order chi connectivity index (χ0) is 10.5. The Bertz CT molecular complexity index is 389. The van der Waals surface area contributed by atoms with Crippen LogP contribution in [0.15, 0.2) is 36.7 Å². The number of aryl methyl sites for hydroxylation is 2. The molecule has 0 amide bonds. The van der Waals surface area contributed by atoms with Crippen LogP contribution >= 0.6 is 0 Å². The molecule has 1 heterocycles. The summed E-state index contributed by atoms with van der Waals surface area (Å²) in [5, 5.41) is 0. The molecular weight excluding hydrogens is 186 g/mol. The van der Waals surface area contributed by atoms with Gasteiger partial charge in [0.05, 0.1) is 0 Å². The standard InChI is InChI=1S/C12H15N3/c13-11-6-4-10(5-7-11)2-1-3-12-14-8-9-15-12/h4-9H,1-3,13H2,(H,14,15). The van der Waals surface area contributed by atoms with Crippen molar-refractivity contribution in [2.75, 3.05) is 5.73 Å². The molecule has 0 bridgehead atoms. The number of rotatable bonds is 4. The Hall–Kier alpha value is -1.77. The van der Waals surface area contributed by atoms with E-state index in [9.17, 15) is 0 Å². The summed E-state index contributed by atoms with van der Waals surface area (Å²) in [6.07, 6.45) is 6.83. The van der Waals surface area contributed by atoms with Crippen molar-refractivity contribution in [2.24, 2.45) is 0 Å². The summed E-state index contributed by atoms with van der Waals surface area (Å²) < 4.78 is 0. The van der Waals surface area contributed by atoms with Crippen molar-refractivity contribution in [1.29, 1.82) is 0 Å². The number of nitrogens with one attached hydrogen (secondary N) is 1. The number of aromatic amines is 1. The lowest BCUT2D eigenvalue weighted by atomic mass is 10.1. The van der Waals surface area contributed by atoms with E-state index in [0.717, 1.165) is 30.8 Å². The lowest BCUT2D eigenvalue weighted by molar-refractivity contribution is 0.783. The van der Waals surface area contributed by atoms with E-state index in [2.05, 4.69) is 22.1 Å². The maximum Gasteiger partial charge on any atom is 0.106 e. The monoisotopic (exact) mass is 201 g/mol. The van der Waals surface area contributed by atoms with Crippen molar-refractivity contribution in [1.82, 2.24) is 9.97 Å². The summed E-state index contributed by atoms with van der Waals surface area (Å²) in [7, 11) is 0. The number of nitrogens with two attached hydrogens (primary N) is 1. The van der Waals surface area contributed by atoms with Crippen LogP contribution in [0.1, 0.15) is 17.8 Å². The fraction of sp³-hybridized carbons (Fsp3) is 0.250. The molecular formula is C12H15N3. The molecule has 2 rings (SSSR count). The predicted octanol–water partition coefficient (Wildman–Crippen LogP) is 2.17. The van der Waals surface area contributed by atoms with Gasteiger partial charge in [0.15, 0.2) is 0 Å². The molecule has 0 unspecified atom stereocenters. The Kier molecular flexibility index (Phi) is 3.02. The molecule has 0 fully saturated rings. The molecule has 1 aromatic heterocycles. The zero-order valence-electron chi connectivity index (χ0n) is 8.61. The van der Waals surface area contributed by atoms with Crippen molar-refractivity contribution < 1.29 is 0 Å². The van der Waals surface area contributed by atoms with Crippen LogP contribution in [-0.4, -0.2) is 9.97 Å². The van der Waals surface area contributed by atoms with Crippen LogP contribution in [-0.2, 0) is 12.8 Å². The largest absolute Gasteiger partial charge is 0.399 e. The highest BCUT2D eigenvalue weighted by Crippen LogP contribution is 2.08. The Morgan fingerprint density at radius 1 is 1.13 bits per heavy atom. The molecule has 2 aromatic rings. The zero-order valence-corrected chi connectivity index (χ0v) is 8.61. The van der Waals surface area contributed by atoms with E-state index < -0.39 is 0 Å². The van der Waals surface area contributed by atoms with Gasteiger partial charge in [-0.05, 0) is 30.5 Å². The van der Waals surface area contributed by atoms with Crippen LogP contribution in [0.4, 0.5) is 5.69 Å². The topological polar surface area (TPSA) is 54.7 Å². The lowest BCUT2D eigenvalue weighted by Gasteiger charge is -2.00. The van der Waals surface area contributed by atoms with Gasteiger partial charge in [-0.25, -0.2) is 4.98 Å². The molecule has 1 aromatic carbocycles. The second-order valence-electron chi connectivity index (χ2n) is 3.63. The molecule has 0 aliphatic heterocycles. The molecule has 15 heavy (non-hydrogen) atoms. The number of imidazole rings is 1. The number of H-pyrrole nitrogens is 1. The third kappa shape index (κ3) is 2.84. The summed E-state index contributed by atoms with van der Waals surface area (Å²) in [4.78, 5) is 7.29. The first-order chi connectivity index (χ1) is 7.34. The molecule has 0 atom stereocenters. The number of aromatic nitrogens is 2. The average molecular weight is 201 g/mol. The van der Waals surface area contributed by atoms with Crippen molar-refractivity contribution in [3.05, 3.63) is 48.0 Å². The minimum atomic E-state index is 0.824. The Morgan fingerprint density at radius 2 is 1.93 bits per heavy atom. The number of nitrogen functional groups attached to an aromatic ring is 1. The summed E-state index contributed by atoms with van der Waals surface area (Å²) in [6.45, 7) is 0. The number of anilines is 1. The van der Waals surface area contributed by atoms with Gasteiger partial charge in [-0.3, -0.25) is 0 Å².